The van der Waals surface area contributed by atoms with Crippen molar-refractivity contribution in [2.75, 3.05) is 13.7 Å². The molecule has 3 aromatic rings. The van der Waals surface area contributed by atoms with Gasteiger partial charge in [-0.1, -0.05) is 6.07 Å². The highest BCUT2D eigenvalue weighted by Gasteiger charge is 2.22. The number of amides is 1. The van der Waals surface area contributed by atoms with E-state index in [0.29, 0.717) is 30.0 Å². The quantitative estimate of drug-likeness (QED) is 0.561. The second-order valence-corrected chi connectivity index (χ2v) is 7.40. The van der Waals surface area contributed by atoms with Crippen LogP contribution in [0.1, 0.15) is 34.5 Å². The van der Waals surface area contributed by atoms with Crippen molar-refractivity contribution in [1.29, 1.82) is 0 Å². The molecule has 7 heteroatoms. The molecule has 31 heavy (non-hydrogen) atoms. The number of carbonyl (C=O) groups is 2. The maximum Gasteiger partial charge on any atom is 0.337 e. The molecule has 7 nitrogen and oxygen atoms in total. The fourth-order valence-corrected chi connectivity index (χ4v) is 3.46. The summed E-state index contributed by atoms with van der Waals surface area (Å²) in [7, 11) is 1.34. The number of ether oxygens (including phenoxy) is 2. The number of hydrogen-bond donors (Lipinski definition) is 0. The average Bonchev–Trinajstić information content (AvgIpc) is 3.20. The SMILES string of the molecule is COC(=O)c1ccc(CN2CCCC2=O)c(Oc2ccc(-c3cnc(C)cn3)cc2)c1. The minimum absolute atomic E-state index is 0.131. The van der Waals surface area contributed by atoms with Crippen molar-refractivity contribution < 1.29 is 19.1 Å². The fourth-order valence-electron chi connectivity index (χ4n) is 3.46. The predicted molar refractivity (Wildman–Crippen MR) is 115 cm³/mol. The Kier molecular flexibility index (Phi) is 5.93. The summed E-state index contributed by atoms with van der Waals surface area (Å²) in [4.78, 5) is 34.5. The number of aromatic nitrogens is 2. The summed E-state index contributed by atoms with van der Waals surface area (Å²) >= 11 is 0. The molecule has 158 valence electrons. The molecule has 1 saturated heterocycles. The van der Waals surface area contributed by atoms with E-state index in [1.165, 1.54) is 7.11 Å². The molecule has 0 bridgehead atoms. The van der Waals surface area contributed by atoms with E-state index in [1.807, 2.05) is 37.3 Å². The van der Waals surface area contributed by atoms with Crippen molar-refractivity contribution in [2.45, 2.75) is 26.3 Å². The molecule has 0 atom stereocenters. The minimum Gasteiger partial charge on any atom is -0.465 e. The molecular weight excluding hydrogens is 394 g/mol. The van der Waals surface area contributed by atoms with E-state index in [-0.39, 0.29) is 5.91 Å². The monoisotopic (exact) mass is 417 g/mol. The largest absolute Gasteiger partial charge is 0.465 e. The molecule has 0 saturated carbocycles. The van der Waals surface area contributed by atoms with E-state index >= 15 is 0 Å². The maximum absolute atomic E-state index is 12.1. The van der Waals surface area contributed by atoms with Gasteiger partial charge in [0.2, 0.25) is 5.91 Å². The third-order valence-electron chi connectivity index (χ3n) is 5.18. The van der Waals surface area contributed by atoms with Crippen molar-refractivity contribution in [2.24, 2.45) is 0 Å². The summed E-state index contributed by atoms with van der Waals surface area (Å²) in [5.74, 6) is 0.818. The van der Waals surface area contributed by atoms with Gasteiger partial charge in [0.25, 0.3) is 0 Å². The van der Waals surface area contributed by atoms with Gasteiger partial charge in [0.1, 0.15) is 11.5 Å². The van der Waals surface area contributed by atoms with Crippen LogP contribution in [-0.4, -0.2) is 40.4 Å². The predicted octanol–water partition coefficient (Wildman–Crippen LogP) is 4.15. The minimum atomic E-state index is -0.443. The van der Waals surface area contributed by atoms with Gasteiger partial charge in [-0.2, -0.15) is 0 Å². The summed E-state index contributed by atoms with van der Waals surface area (Å²) < 4.78 is 11.0. The highest BCUT2D eigenvalue weighted by molar-refractivity contribution is 5.90. The Morgan fingerprint density at radius 1 is 1.10 bits per heavy atom. The van der Waals surface area contributed by atoms with Crippen LogP contribution in [0, 0.1) is 6.92 Å². The highest BCUT2D eigenvalue weighted by atomic mass is 16.5. The van der Waals surface area contributed by atoms with Crippen LogP contribution in [0.3, 0.4) is 0 Å². The van der Waals surface area contributed by atoms with Crippen LogP contribution >= 0.6 is 0 Å². The first-order chi connectivity index (χ1) is 15.0. The Balaban J connectivity index is 1.59. The van der Waals surface area contributed by atoms with Gasteiger partial charge in [-0.15, -0.1) is 0 Å². The van der Waals surface area contributed by atoms with E-state index < -0.39 is 5.97 Å². The lowest BCUT2D eigenvalue weighted by atomic mass is 10.1. The van der Waals surface area contributed by atoms with Gasteiger partial charge >= 0.3 is 5.97 Å². The average molecular weight is 417 g/mol. The van der Waals surface area contributed by atoms with Crippen molar-refractivity contribution >= 4 is 11.9 Å². The summed E-state index contributed by atoms with van der Waals surface area (Å²) in [5, 5.41) is 0. The van der Waals surface area contributed by atoms with Crippen LogP contribution < -0.4 is 4.74 Å². The van der Waals surface area contributed by atoms with Crippen LogP contribution in [0.5, 0.6) is 11.5 Å². The van der Waals surface area contributed by atoms with Gasteiger partial charge in [0.15, 0.2) is 0 Å². The van der Waals surface area contributed by atoms with Gasteiger partial charge in [-0.05, 0) is 49.7 Å². The van der Waals surface area contributed by atoms with E-state index in [2.05, 4.69) is 9.97 Å². The first-order valence-corrected chi connectivity index (χ1v) is 10.1. The molecule has 1 aliphatic heterocycles. The molecule has 2 aromatic carbocycles. The van der Waals surface area contributed by atoms with Gasteiger partial charge in [-0.25, -0.2) is 4.79 Å². The lowest BCUT2D eigenvalue weighted by Gasteiger charge is -2.19. The third kappa shape index (κ3) is 4.71. The van der Waals surface area contributed by atoms with Crippen LogP contribution in [0.4, 0.5) is 0 Å². The first-order valence-electron chi connectivity index (χ1n) is 10.1. The lowest BCUT2D eigenvalue weighted by Crippen LogP contribution is -2.24. The number of methoxy groups -OCH3 is 1. The number of nitrogens with zero attached hydrogens (tertiary/aromatic N) is 3. The van der Waals surface area contributed by atoms with Gasteiger partial charge in [-0.3, -0.25) is 14.8 Å². The number of carbonyl (C=O) groups excluding carboxylic acids is 2. The Labute approximate surface area is 180 Å². The number of rotatable bonds is 6. The second-order valence-electron chi connectivity index (χ2n) is 7.40. The summed E-state index contributed by atoms with van der Waals surface area (Å²) in [6.07, 6.45) is 4.89. The molecule has 0 aliphatic carbocycles. The zero-order valence-corrected chi connectivity index (χ0v) is 17.5. The van der Waals surface area contributed by atoms with Gasteiger partial charge in [0, 0.05) is 36.8 Å². The molecule has 0 N–H and O–H groups in total. The molecule has 0 spiro atoms. The van der Waals surface area contributed by atoms with E-state index in [0.717, 1.165) is 35.5 Å². The smallest absolute Gasteiger partial charge is 0.337 e. The summed E-state index contributed by atoms with van der Waals surface area (Å²) in [6.45, 7) is 3.05. The Morgan fingerprint density at radius 2 is 1.90 bits per heavy atom. The number of hydrogen-bond acceptors (Lipinski definition) is 6. The molecule has 2 heterocycles. The van der Waals surface area contributed by atoms with Gasteiger partial charge in [0.05, 0.1) is 30.3 Å². The third-order valence-corrected chi connectivity index (χ3v) is 5.18. The van der Waals surface area contributed by atoms with Crippen LogP contribution in [-0.2, 0) is 16.1 Å². The molecule has 0 radical (unpaired) electrons. The zero-order valence-electron chi connectivity index (χ0n) is 17.5. The van der Waals surface area contributed by atoms with Gasteiger partial charge < -0.3 is 14.4 Å². The number of likely N-dealkylation sites (tertiary alicyclic amines) is 1. The normalized spacial score (nSPS) is 13.4. The van der Waals surface area contributed by atoms with Crippen LogP contribution in [0.15, 0.2) is 54.9 Å². The fraction of sp³-hybridized carbons (Fsp3) is 0.250. The Morgan fingerprint density at radius 3 is 2.55 bits per heavy atom. The van der Waals surface area contributed by atoms with E-state index in [1.54, 1.807) is 29.4 Å². The standard InChI is InChI=1S/C24H23N3O4/c1-16-13-26-21(14-25-16)17-7-9-20(10-8-17)31-22-12-18(24(29)30-2)5-6-19(22)15-27-11-3-4-23(27)28/h5-10,12-14H,3-4,11,15H2,1-2H3. The molecule has 4 rings (SSSR count). The molecular formula is C24H23N3O4. The maximum atomic E-state index is 12.1. The number of esters is 1. The van der Waals surface area contributed by atoms with Crippen molar-refractivity contribution in [1.82, 2.24) is 14.9 Å². The van der Waals surface area contributed by atoms with Crippen molar-refractivity contribution in [3.8, 4) is 22.8 Å². The van der Waals surface area contributed by atoms with Crippen molar-refractivity contribution in [3.05, 3.63) is 71.7 Å². The second kappa shape index (κ2) is 8.95. The molecule has 1 aliphatic rings. The van der Waals surface area contributed by atoms with E-state index in [9.17, 15) is 9.59 Å². The zero-order chi connectivity index (χ0) is 21.8. The highest BCUT2D eigenvalue weighted by Crippen LogP contribution is 2.30. The Bertz CT molecular complexity index is 1090. The first kappa shape index (κ1) is 20.5. The number of aryl methyl sites for hydroxylation is 1. The van der Waals surface area contributed by atoms with Crippen molar-refractivity contribution in [3.63, 3.8) is 0 Å². The van der Waals surface area contributed by atoms with Crippen LogP contribution in [0.25, 0.3) is 11.3 Å². The lowest BCUT2D eigenvalue weighted by molar-refractivity contribution is -0.128. The van der Waals surface area contributed by atoms with Crippen LogP contribution in [0.2, 0.25) is 0 Å². The van der Waals surface area contributed by atoms with E-state index in [4.69, 9.17) is 9.47 Å². The summed E-state index contributed by atoms with van der Waals surface area (Å²) in [6, 6.07) is 12.6. The molecule has 1 amide bonds. The molecule has 1 fully saturated rings. The summed E-state index contributed by atoms with van der Waals surface area (Å²) in [5.41, 5.74) is 3.78. The molecule has 0 unspecified atom stereocenters. The topological polar surface area (TPSA) is 81.6 Å². The molecule has 1 aromatic heterocycles. The Hall–Kier alpha value is -3.74. The number of benzene rings is 2.